The first-order chi connectivity index (χ1) is 20.1. The van der Waals surface area contributed by atoms with Gasteiger partial charge in [-0.05, 0) is 44.9 Å². The van der Waals surface area contributed by atoms with Gasteiger partial charge in [0.2, 0.25) is 0 Å². The van der Waals surface area contributed by atoms with Crippen LogP contribution in [-0.4, -0.2) is 97.5 Å². The molecule has 1 rings (SSSR count). The maximum Gasteiger partial charge on any atom is 0.397 e. The molecule has 12 nitrogen and oxygen atoms in total. The zero-order chi connectivity index (χ0) is 31.2. The number of rotatable bonds is 23. The van der Waals surface area contributed by atoms with E-state index in [9.17, 15) is 28.5 Å². The van der Waals surface area contributed by atoms with Gasteiger partial charge in [0.1, 0.15) is 30.5 Å². The molecule has 244 valence electrons. The van der Waals surface area contributed by atoms with Crippen LogP contribution in [0.25, 0.3) is 0 Å². The molecule has 0 amide bonds. The number of hydrogen-bond donors (Lipinski definition) is 4. The zero-order valence-electron chi connectivity index (χ0n) is 24.8. The quantitative estimate of drug-likeness (QED) is 0.0567. The van der Waals surface area contributed by atoms with Crippen molar-refractivity contribution in [3.63, 3.8) is 0 Å². The predicted octanol–water partition coefficient (Wildman–Crippen LogP) is 3.17. The van der Waals surface area contributed by atoms with E-state index >= 15 is 0 Å². The molecule has 0 aromatic rings. The summed E-state index contributed by atoms with van der Waals surface area (Å²) in [6.45, 7) is 3.36. The molecule has 1 aliphatic rings. The Bertz CT molecular complexity index is 904. The Hall–Kier alpha value is -1.68. The molecule has 0 aromatic carbocycles. The summed E-state index contributed by atoms with van der Waals surface area (Å²) in [5.41, 5.74) is 0. The third-order valence-corrected chi connectivity index (χ3v) is 6.71. The number of allylic oxidation sites excluding steroid dienone is 6. The summed E-state index contributed by atoms with van der Waals surface area (Å²) < 4.78 is 57.6. The average Bonchev–Trinajstić information content (AvgIpc) is 2.94. The highest BCUT2D eigenvalue weighted by molar-refractivity contribution is 7.80. The van der Waals surface area contributed by atoms with Crippen LogP contribution in [0.3, 0.4) is 0 Å². The summed E-state index contributed by atoms with van der Waals surface area (Å²) in [6, 6.07) is 0. The van der Waals surface area contributed by atoms with Crippen LogP contribution >= 0.6 is 0 Å². The normalized spacial score (nSPS) is 24.2. The Morgan fingerprint density at radius 2 is 1.60 bits per heavy atom. The van der Waals surface area contributed by atoms with Gasteiger partial charge in [-0.1, -0.05) is 63.1 Å². The number of aliphatic hydroxyl groups excluding tert-OH is 3. The van der Waals surface area contributed by atoms with Crippen molar-refractivity contribution < 1.29 is 56.2 Å². The predicted molar refractivity (Wildman–Crippen MR) is 156 cm³/mol. The van der Waals surface area contributed by atoms with E-state index in [1.807, 2.05) is 6.92 Å². The van der Waals surface area contributed by atoms with Gasteiger partial charge >= 0.3 is 16.4 Å². The van der Waals surface area contributed by atoms with Gasteiger partial charge in [-0.2, -0.15) is 8.42 Å². The minimum absolute atomic E-state index is 0.0137. The van der Waals surface area contributed by atoms with E-state index in [1.165, 1.54) is 0 Å². The fraction of sp³-hybridized carbons (Fsp3) is 0.759. The maximum atomic E-state index is 12.1. The number of hydrogen-bond acceptors (Lipinski definition) is 11. The number of ether oxygens (including phenoxy) is 4. The van der Waals surface area contributed by atoms with Gasteiger partial charge in [0.15, 0.2) is 6.29 Å². The van der Waals surface area contributed by atoms with Gasteiger partial charge in [0.25, 0.3) is 0 Å². The molecule has 0 saturated carbocycles. The molecule has 6 atom stereocenters. The molecule has 0 aliphatic carbocycles. The average molecular weight is 623 g/mol. The van der Waals surface area contributed by atoms with Gasteiger partial charge in [0.05, 0.1) is 19.8 Å². The first kappa shape index (κ1) is 38.3. The Kier molecular flexibility index (Phi) is 20.8. The molecular formula is C29H50O12S. The summed E-state index contributed by atoms with van der Waals surface area (Å²) >= 11 is 0. The molecule has 0 aromatic heterocycles. The lowest BCUT2D eigenvalue weighted by molar-refractivity contribution is -0.301. The lowest BCUT2D eigenvalue weighted by Gasteiger charge is -2.41. The Morgan fingerprint density at radius 3 is 2.24 bits per heavy atom. The van der Waals surface area contributed by atoms with Gasteiger partial charge < -0.3 is 34.3 Å². The van der Waals surface area contributed by atoms with E-state index in [4.69, 9.17) is 23.5 Å². The monoisotopic (exact) mass is 622 g/mol. The third kappa shape index (κ3) is 17.4. The van der Waals surface area contributed by atoms with Crippen LogP contribution in [0.1, 0.15) is 78.1 Å². The summed E-state index contributed by atoms with van der Waals surface area (Å²) in [6.07, 6.45) is 12.5. The second kappa shape index (κ2) is 22.8. The van der Waals surface area contributed by atoms with Crippen molar-refractivity contribution in [3.05, 3.63) is 36.5 Å². The summed E-state index contributed by atoms with van der Waals surface area (Å²) in [4.78, 5) is 12.1. The topological polar surface area (TPSA) is 178 Å². The van der Waals surface area contributed by atoms with E-state index in [-0.39, 0.29) is 19.6 Å². The smallest absolute Gasteiger partial charge is 0.397 e. The number of carbonyl (C=O) groups excluding carboxylic acids is 1. The van der Waals surface area contributed by atoms with Gasteiger partial charge in [-0.15, -0.1) is 0 Å². The highest BCUT2D eigenvalue weighted by atomic mass is 32.3. The van der Waals surface area contributed by atoms with Crippen LogP contribution in [0.2, 0.25) is 0 Å². The van der Waals surface area contributed by atoms with Crippen molar-refractivity contribution in [2.75, 3.05) is 26.4 Å². The largest absolute Gasteiger partial charge is 0.457 e. The molecule has 1 fully saturated rings. The van der Waals surface area contributed by atoms with Gasteiger partial charge in [0, 0.05) is 13.0 Å². The summed E-state index contributed by atoms with van der Waals surface area (Å²) in [7, 11) is -5.04. The van der Waals surface area contributed by atoms with Crippen molar-refractivity contribution in [2.24, 2.45) is 0 Å². The highest BCUT2D eigenvalue weighted by Crippen LogP contribution is 2.25. The molecule has 1 aliphatic heterocycles. The number of unbranched alkanes of at least 4 members (excludes halogenated alkanes) is 4. The second-order valence-corrected chi connectivity index (χ2v) is 11.0. The lowest BCUT2D eigenvalue weighted by atomic mass is 9.99. The number of carbonyl (C=O) groups is 1. The molecule has 42 heavy (non-hydrogen) atoms. The van der Waals surface area contributed by atoms with Crippen LogP contribution in [0, 0.1) is 0 Å². The lowest BCUT2D eigenvalue weighted by Crippen LogP contribution is -2.60. The highest BCUT2D eigenvalue weighted by Gasteiger charge is 2.48. The summed E-state index contributed by atoms with van der Waals surface area (Å²) in [5.74, 6) is -0.465. The van der Waals surface area contributed by atoms with Crippen molar-refractivity contribution in [1.29, 1.82) is 0 Å². The Labute approximate surface area is 250 Å². The first-order valence-corrected chi connectivity index (χ1v) is 16.1. The van der Waals surface area contributed by atoms with Crippen LogP contribution < -0.4 is 0 Å². The minimum Gasteiger partial charge on any atom is -0.457 e. The Balaban J connectivity index is 2.43. The molecule has 0 spiro atoms. The molecule has 0 bridgehead atoms. The standard InChI is InChI=1S/C29H50O12S/c1-3-5-6-7-8-9-10-11-12-13-14-15-16-17-19-37-21-23(39-25(31)18-4-2)22-38-29-27(33)28(41-42(34,35)36)26(32)24(20-30)40-29/h5-6,8-9,11-12,23-24,26-30,32-33H,3-4,7,10,13-22H2,1-2H3,(H,34,35,36)/b6-5-,9-8-,12-11-. The van der Waals surface area contributed by atoms with E-state index in [2.05, 4.69) is 47.6 Å². The molecule has 0 radical (unpaired) electrons. The van der Waals surface area contributed by atoms with Gasteiger partial charge in [-0.25, -0.2) is 4.18 Å². The van der Waals surface area contributed by atoms with Gasteiger partial charge in [-0.3, -0.25) is 9.35 Å². The molecule has 13 heteroatoms. The third-order valence-electron chi connectivity index (χ3n) is 6.25. The van der Waals surface area contributed by atoms with Crippen LogP contribution in [0.5, 0.6) is 0 Å². The van der Waals surface area contributed by atoms with Crippen LogP contribution in [0.4, 0.5) is 0 Å². The molecule has 1 heterocycles. The first-order valence-electron chi connectivity index (χ1n) is 14.7. The molecule has 6 unspecified atom stereocenters. The SMILES string of the molecule is CC/C=C\C/C=C\C/C=C\CCCCCCOCC(COC1OC(CO)C(O)C(OS(=O)(=O)O)C1O)OC(=O)CCC. The van der Waals surface area contributed by atoms with E-state index < -0.39 is 59.8 Å². The Morgan fingerprint density at radius 1 is 0.929 bits per heavy atom. The zero-order valence-corrected chi connectivity index (χ0v) is 25.6. The maximum absolute atomic E-state index is 12.1. The molecule has 4 N–H and O–H groups in total. The van der Waals surface area contributed by atoms with Crippen LogP contribution in [-0.2, 0) is 38.3 Å². The van der Waals surface area contributed by atoms with Crippen molar-refractivity contribution in [2.45, 2.75) is 115 Å². The number of esters is 1. The summed E-state index contributed by atoms with van der Waals surface area (Å²) in [5, 5.41) is 30.0. The fourth-order valence-electron chi connectivity index (χ4n) is 4.07. The van der Waals surface area contributed by atoms with Crippen molar-refractivity contribution >= 4 is 16.4 Å². The van der Waals surface area contributed by atoms with E-state index in [1.54, 1.807) is 0 Å². The van der Waals surface area contributed by atoms with Crippen LogP contribution in [0.15, 0.2) is 36.5 Å². The second-order valence-electron chi connectivity index (χ2n) is 9.96. The minimum atomic E-state index is -5.04. The fourth-order valence-corrected chi connectivity index (χ4v) is 4.58. The molecular weight excluding hydrogens is 572 g/mol. The van der Waals surface area contributed by atoms with Crippen molar-refractivity contribution in [1.82, 2.24) is 0 Å². The van der Waals surface area contributed by atoms with Crippen molar-refractivity contribution in [3.8, 4) is 0 Å². The van der Waals surface area contributed by atoms with E-state index in [0.717, 1.165) is 51.4 Å². The number of aliphatic hydroxyl groups is 3. The molecule has 1 saturated heterocycles. The van der Waals surface area contributed by atoms with E-state index in [0.29, 0.717) is 13.0 Å².